The van der Waals surface area contributed by atoms with Crippen LogP contribution >= 0.6 is 0 Å². The van der Waals surface area contributed by atoms with Gasteiger partial charge in [-0.25, -0.2) is 0 Å². The molecule has 4 amide bonds. The van der Waals surface area contributed by atoms with Crippen LogP contribution in [-0.4, -0.2) is 82.8 Å². The Hall–Kier alpha value is -3.77. The minimum atomic E-state index is -4.22. The molecule has 0 aliphatic carbocycles. The summed E-state index contributed by atoms with van der Waals surface area (Å²) in [5.41, 5.74) is 2.86. The Labute approximate surface area is 229 Å². The summed E-state index contributed by atoms with van der Waals surface area (Å²) in [5, 5.41) is 5.41. The summed E-state index contributed by atoms with van der Waals surface area (Å²) in [4.78, 5) is 54.6. The molecule has 12 heteroatoms. The molecule has 0 radical (unpaired) electrons. The number of nitrogens with one attached hydrogen (secondary N) is 2. The van der Waals surface area contributed by atoms with E-state index in [2.05, 4.69) is 15.5 Å². The number of piperidine rings is 1. The molecule has 3 heterocycles. The number of benzene rings is 2. The van der Waals surface area contributed by atoms with Crippen molar-refractivity contribution >= 4 is 29.3 Å². The van der Waals surface area contributed by atoms with Crippen LogP contribution in [0.3, 0.4) is 0 Å². The number of hydrogen-bond donors (Lipinski definition) is 2. The van der Waals surface area contributed by atoms with Crippen molar-refractivity contribution in [3.8, 4) is 0 Å². The van der Waals surface area contributed by atoms with Gasteiger partial charge in [0.05, 0.1) is 11.1 Å². The lowest BCUT2D eigenvalue weighted by molar-refractivity contribution is -0.182. The minimum Gasteiger partial charge on any atom is -0.380 e. The van der Waals surface area contributed by atoms with E-state index in [-0.39, 0.29) is 24.0 Å². The number of hydrogen-bond acceptors (Lipinski definition) is 7. The molecule has 0 aromatic heterocycles. The highest BCUT2D eigenvalue weighted by molar-refractivity contribution is 6.25. The van der Waals surface area contributed by atoms with E-state index >= 15 is 0 Å². The van der Waals surface area contributed by atoms with Gasteiger partial charge in [-0.2, -0.15) is 13.2 Å². The van der Waals surface area contributed by atoms with E-state index in [0.717, 1.165) is 16.0 Å². The fourth-order valence-electron chi connectivity index (χ4n) is 5.40. The van der Waals surface area contributed by atoms with Gasteiger partial charge in [-0.05, 0) is 36.6 Å². The summed E-state index contributed by atoms with van der Waals surface area (Å²) in [5.74, 6) is -2.21. The molecule has 0 spiro atoms. The first-order valence-corrected chi connectivity index (χ1v) is 13.2. The van der Waals surface area contributed by atoms with Gasteiger partial charge >= 0.3 is 6.18 Å². The predicted octanol–water partition coefficient (Wildman–Crippen LogP) is 2.77. The van der Waals surface area contributed by atoms with Gasteiger partial charge < -0.3 is 5.32 Å². The Morgan fingerprint density at radius 1 is 0.950 bits per heavy atom. The van der Waals surface area contributed by atoms with Crippen molar-refractivity contribution in [3.63, 3.8) is 0 Å². The Morgan fingerprint density at radius 3 is 2.27 bits per heavy atom. The monoisotopic (exact) mass is 557 g/mol. The van der Waals surface area contributed by atoms with Crippen molar-refractivity contribution in [2.75, 3.05) is 31.5 Å². The SMILES string of the molecule is CC(N1CCN(Cc2ccc(CNc3cccc4c3C(=O)N(C3CCC(=O)NC3=O)C4=O)cc2)CC1)C(F)(F)F. The number of alkyl halides is 3. The number of halogens is 3. The maximum absolute atomic E-state index is 13.2. The lowest BCUT2D eigenvalue weighted by Crippen LogP contribution is -2.54. The molecule has 3 aliphatic heterocycles. The van der Waals surface area contributed by atoms with E-state index in [1.54, 1.807) is 18.2 Å². The molecule has 2 fully saturated rings. The van der Waals surface area contributed by atoms with E-state index in [1.807, 2.05) is 24.3 Å². The van der Waals surface area contributed by atoms with E-state index in [4.69, 9.17) is 0 Å². The lowest BCUT2D eigenvalue weighted by Gasteiger charge is -2.38. The van der Waals surface area contributed by atoms with Crippen LogP contribution in [0.25, 0.3) is 0 Å². The Morgan fingerprint density at radius 2 is 1.62 bits per heavy atom. The molecule has 0 bridgehead atoms. The van der Waals surface area contributed by atoms with Crippen LogP contribution in [-0.2, 0) is 22.7 Å². The Bertz CT molecular complexity index is 1320. The molecule has 5 rings (SSSR count). The van der Waals surface area contributed by atoms with Crippen LogP contribution < -0.4 is 10.6 Å². The first kappa shape index (κ1) is 27.8. The molecule has 2 aromatic rings. The molecule has 2 atom stereocenters. The van der Waals surface area contributed by atoms with Gasteiger partial charge in [0.15, 0.2) is 0 Å². The molecule has 2 aromatic carbocycles. The quantitative estimate of drug-likeness (QED) is 0.505. The number of carbonyl (C=O) groups excluding carboxylic acids is 4. The van der Waals surface area contributed by atoms with Crippen molar-refractivity contribution in [3.05, 3.63) is 64.7 Å². The van der Waals surface area contributed by atoms with E-state index in [9.17, 15) is 32.3 Å². The highest BCUT2D eigenvalue weighted by Crippen LogP contribution is 2.32. The molecule has 2 saturated heterocycles. The number of anilines is 1. The van der Waals surface area contributed by atoms with Crippen molar-refractivity contribution in [1.82, 2.24) is 20.0 Å². The molecule has 2 N–H and O–H groups in total. The summed E-state index contributed by atoms with van der Waals surface area (Å²) in [7, 11) is 0. The van der Waals surface area contributed by atoms with Gasteiger partial charge in [0, 0.05) is 51.4 Å². The molecule has 2 unspecified atom stereocenters. The standard InChI is InChI=1S/C28H30F3N5O4/c1-17(28(29,30)31)35-13-11-34(12-14-35)16-19-7-5-18(6-8-19)15-32-21-4-2-3-20-24(21)27(40)36(26(20)39)22-9-10-23(37)33-25(22)38/h2-8,17,22,32H,9-16H2,1H3,(H,33,37,38). The summed E-state index contributed by atoms with van der Waals surface area (Å²) in [6, 6.07) is 10.3. The van der Waals surface area contributed by atoms with Crippen molar-refractivity contribution in [2.24, 2.45) is 0 Å². The zero-order chi connectivity index (χ0) is 28.6. The van der Waals surface area contributed by atoms with Gasteiger partial charge in [-0.15, -0.1) is 0 Å². The third-order valence-electron chi connectivity index (χ3n) is 7.81. The zero-order valence-corrected chi connectivity index (χ0v) is 22.0. The van der Waals surface area contributed by atoms with Crippen molar-refractivity contribution in [2.45, 2.75) is 51.1 Å². The second-order valence-corrected chi connectivity index (χ2v) is 10.4. The average Bonchev–Trinajstić information content (AvgIpc) is 3.18. The Kier molecular flexibility index (Phi) is 7.65. The molecular formula is C28H30F3N5O4. The van der Waals surface area contributed by atoms with Crippen molar-refractivity contribution < 1.29 is 32.3 Å². The van der Waals surface area contributed by atoms with Gasteiger partial charge in [0.25, 0.3) is 11.8 Å². The lowest BCUT2D eigenvalue weighted by atomic mass is 10.0. The molecule has 0 saturated carbocycles. The third kappa shape index (κ3) is 5.59. The number of piperazine rings is 1. The smallest absolute Gasteiger partial charge is 0.380 e. The molecule has 3 aliphatic rings. The zero-order valence-electron chi connectivity index (χ0n) is 22.0. The average molecular weight is 558 g/mol. The maximum atomic E-state index is 13.2. The largest absolute Gasteiger partial charge is 0.403 e. The first-order valence-electron chi connectivity index (χ1n) is 13.2. The third-order valence-corrected chi connectivity index (χ3v) is 7.81. The second kappa shape index (κ2) is 11.0. The van der Waals surface area contributed by atoms with Crippen LogP contribution in [0.15, 0.2) is 42.5 Å². The number of imide groups is 2. The molecular weight excluding hydrogens is 527 g/mol. The van der Waals surface area contributed by atoms with Crippen LogP contribution in [0.4, 0.5) is 18.9 Å². The van der Waals surface area contributed by atoms with Crippen LogP contribution in [0.5, 0.6) is 0 Å². The van der Waals surface area contributed by atoms with Crippen LogP contribution in [0.2, 0.25) is 0 Å². The highest BCUT2D eigenvalue weighted by Gasteiger charge is 2.45. The Balaban J connectivity index is 1.18. The molecule has 40 heavy (non-hydrogen) atoms. The number of fused-ring (bicyclic) bond motifs is 1. The predicted molar refractivity (Wildman–Crippen MR) is 139 cm³/mol. The topological polar surface area (TPSA) is 102 Å². The molecule has 212 valence electrons. The highest BCUT2D eigenvalue weighted by atomic mass is 19.4. The number of carbonyl (C=O) groups is 4. The number of nitrogens with zero attached hydrogens (tertiary/aromatic N) is 3. The van der Waals surface area contributed by atoms with Gasteiger partial charge in [0.1, 0.15) is 12.1 Å². The summed E-state index contributed by atoms with van der Waals surface area (Å²) in [6.07, 6.45) is -4.08. The summed E-state index contributed by atoms with van der Waals surface area (Å²) < 4.78 is 39.0. The van der Waals surface area contributed by atoms with Crippen LogP contribution in [0, 0.1) is 0 Å². The second-order valence-electron chi connectivity index (χ2n) is 10.4. The maximum Gasteiger partial charge on any atom is 0.403 e. The molecule has 9 nitrogen and oxygen atoms in total. The van der Waals surface area contributed by atoms with Gasteiger partial charge in [-0.1, -0.05) is 30.3 Å². The van der Waals surface area contributed by atoms with E-state index in [1.165, 1.54) is 11.8 Å². The first-order chi connectivity index (χ1) is 19.0. The van der Waals surface area contributed by atoms with Crippen molar-refractivity contribution in [1.29, 1.82) is 0 Å². The van der Waals surface area contributed by atoms with Crippen LogP contribution in [0.1, 0.15) is 51.6 Å². The van der Waals surface area contributed by atoms with Gasteiger partial charge in [0.2, 0.25) is 11.8 Å². The summed E-state index contributed by atoms with van der Waals surface area (Å²) in [6.45, 7) is 4.08. The fourth-order valence-corrected chi connectivity index (χ4v) is 5.40. The number of rotatable bonds is 7. The normalized spacial score (nSPS) is 21.4. The van der Waals surface area contributed by atoms with E-state index < -0.39 is 41.9 Å². The summed E-state index contributed by atoms with van der Waals surface area (Å²) >= 11 is 0. The van der Waals surface area contributed by atoms with Gasteiger partial charge in [-0.3, -0.25) is 39.2 Å². The minimum absolute atomic E-state index is 0.0540. The fraction of sp³-hybridized carbons (Fsp3) is 0.429. The number of amides is 4. The van der Waals surface area contributed by atoms with E-state index in [0.29, 0.717) is 45.0 Å².